The lowest BCUT2D eigenvalue weighted by atomic mass is 10.4. The predicted octanol–water partition coefficient (Wildman–Crippen LogP) is 0.256. The summed E-state index contributed by atoms with van der Waals surface area (Å²) in [6.07, 6.45) is 0. The van der Waals surface area contributed by atoms with Gasteiger partial charge in [0.1, 0.15) is 0 Å². The van der Waals surface area contributed by atoms with Crippen LogP contribution in [0, 0.1) is 0 Å². The second kappa shape index (κ2) is 5.13. The normalized spacial score (nSPS) is 15.6. The Morgan fingerprint density at radius 1 is 1.71 bits per heavy atom. The number of hydrogen-bond donors (Lipinski definition) is 1. The first-order valence-corrected chi connectivity index (χ1v) is 6.23. The molecule has 1 N–H and O–H groups in total. The van der Waals surface area contributed by atoms with Crippen LogP contribution in [0.1, 0.15) is 17.4 Å². The van der Waals surface area contributed by atoms with Crippen molar-refractivity contribution < 1.29 is 14.3 Å². The summed E-state index contributed by atoms with van der Waals surface area (Å²) < 4.78 is 4.86. The Bertz CT molecular complexity index is 432. The van der Waals surface area contributed by atoms with Gasteiger partial charge in [-0.3, -0.25) is 4.79 Å². The van der Waals surface area contributed by atoms with Crippen LogP contribution in [0.5, 0.6) is 0 Å². The Balaban J connectivity index is 2.07. The number of piperazine rings is 1. The third-order valence-corrected chi connectivity index (χ3v) is 3.19. The van der Waals surface area contributed by atoms with Crippen LogP contribution >= 0.6 is 11.3 Å². The number of nitrogens with zero attached hydrogens (tertiary/aromatic N) is 2. The number of nitrogens with one attached hydrogen (secondary N) is 1. The number of thiazole rings is 1. The molecule has 0 bridgehead atoms. The van der Waals surface area contributed by atoms with E-state index in [-0.39, 0.29) is 12.5 Å². The van der Waals surface area contributed by atoms with E-state index >= 15 is 0 Å². The fraction of sp³-hybridized carbons (Fsp3) is 0.500. The predicted molar refractivity (Wildman–Crippen MR) is 63.3 cm³/mol. The molecule has 6 nitrogen and oxygen atoms in total. The molecule has 2 rings (SSSR count). The highest BCUT2D eigenvalue weighted by atomic mass is 32.1. The summed E-state index contributed by atoms with van der Waals surface area (Å²) in [5, 5.41) is 5.07. The van der Waals surface area contributed by atoms with Crippen molar-refractivity contribution in [2.75, 3.05) is 31.1 Å². The van der Waals surface area contributed by atoms with Crippen molar-refractivity contribution in [1.82, 2.24) is 10.3 Å². The summed E-state index contributed by atoms with van der Waals surface area (Å²) in [5.41, 5.74) is 0.304. The van der Waals surface area contributed by atoms with Gasteiger partial charge in [-0.2, -0.15) is 0 Å². The number of anilines is 1. The zero-order valence-electron chi connectivity index (χ0n) is 9.43. The minimum Gasteiger partial charge on any atom is -0.461 e. The number of hydrogen-bond acceptors (Lipinski definition) is 6. The molecule has 0 spiro atoms. The summed E-state index contributed by atoms with van der Waals surface area (Å²) in [6, 6.07) is 0. The van der Waals surface area contributed by atoms with Crippen LogP contribution in [0.15, 0.2) is 5.38 Å². The maximum Gasteiger partial charge on any atom is 0.357 e. The Morgan fingerprint density at radius 2 is 2.53 bits per heavy atom. The topological polar surface area (TPSA) is 71.5 Å². The summed E-state index contributed by atoms with van der Waals surface area (Å²) in [4.78, 5) is 28.7. The van der Waals surface area contributed by atoms with Crippen molar-refractivity contribution in [3.8, 4) is 0 Å². The minimum atomic E-state index is -0.420. The molecular formula is C10H13N3O3S. The highest BCUT2D eigenvalue weighted by molar-refractivity contribution is 7.13. The molecule has 1 aliphatic rings. The molecule has 0 saturated carbocycles. The Morgan fingerprint density at radius 3 is 3.24 bits per heavy atom. The van der Waals surface area contributed by atoms with Crippen molar-refractivity contribution in [2.45, 2.75) is 6.92 Å². The maximum absolute atomic E-state index is 11.4. The van der Waals surface area contributed by atoms with Crippen LogP contribution in [-0.4, -0.2) is 43.1 Å². The quantitative estimate of drug-likeness (QED) is 0.784. The van der Waals surface area contributed by atoms with Crippen LogP contribution in [0.3, 0.4) is 0 Å². The molecule has 0 atom stereocenters. The van der Waals surface area contributed by atoms with Crippen LogP contribution in [0.25, 0.3) is 0 Å². The molecule has 2 heterocycles. The number of rotatable bonds is 3. The first-order valence-electron chi connectivity index (χ1n) is 5.35. The molecule has 1 amide bonds. The van der Waals surface area contributed by atoms with E-state index in [0.29, 0.717) is 30.5 Å². The Labute approximate surface area is 103 Å². The van der Waals surface area contributed by atoms with E-state index < -0.39 is 5.97 Å². The monoisotopic (exact) mass is 255 g/mol. The SMILES string of the molecule is CCOC(=O)c1csc(N2CCNC(=O)C2)n1. The van der Waals surface area contributed by atoms with E-state index in [1.807, 2.05) is 4.90 Å². The molecular weight excluding hydrogens is 242 g/mol. The highest BCUT2D eigenvalue weighted by Gasteiger charge is 2.20. The minimum absolute atomic E-state index is 0.0239. The van der Waals surface area contributed by atoms with E-state index in [2.05, 4.69) is 10.3 Å². The number of carbonyl (C=O) groups is 2. The molecule has 1 saturated heterocycles. The molecule has 92 valence electrons. The van der Waals surface area contributed by atoms with E-state index in [0.717, 1.165) is 0 Å². The molecule has 1 aliphatic heterocycles. The van der Waals surface area contributed by atoms with Gasteiger partial charge in [0, 0.05) is 18.5 Å². The van der Waals surface area contributed by atoms with Crippen molar-refractivity contribution >= 4 is 28.3 Å². The zero-order valence-corrected chi connectivity index (χ0v) is 10.2. The smallest absolute Gasteiger partial charge is 0.357 e. The first-order chi connectivity index (χ1) is 8.20. The number of ether oxygens (including phenoxy) is 1. The molecule has 17 heavy (non-hydrogen) atoms. The van der Waals surface area contributed by atoms with Crippen LogP contribution in [0.2, 0.25) is 0 Å². The van der Waals surface area contributed by atoms with Gasteiger partial charge in [0.15, 0.2) is 10.8 Å². The van der Waals surface area contributed by atoms with Gasteiger partial charge in [-0.15, -0.1) is 11.3 Å². The number of amides is 1. The number of esters is 1. The standard InChI is InChI=1S/C10H13N3O3S/c1-2-16-9(15)7-6-17-10(12-7)13-4-3-11-8(14)5-13/h6H,2-5H2,1H3,(H,11,14). The average Bonchev–Trinajstić information content (AvgIpc) is 2.78. The highest BCUT2D eigenvalue weighted by Crippen LogP contribution is 2.21. The summed E-state index contributed by atoms with van der Waals surface area (Å²) in [7, 11) is 0. The molecule has 0 radical (unpaired) electrons. The van der Waals surface area contributed by atoms with Crippen LogP contribution in [0.4, 0.5) is 5.13 Å². The van der Waals surface area contributed by atoms with Gasteiger partial charge in [-0.05, 0) is 6.92 Å². The van der Waals surface area contributed by atoms with E-state index in [1.165, 1.54) is 11.3 Å². The molecule has 1 aromatic rings. The van der Waals surface area contributed by atoms with E-state index in [4.69, 9.17) is 4.74 Å². The third-order valence-electron chi connectivity index (χ3n) is 2.29. The fourth-order valence-corrected chi connectivity index (χ4v) is 2.33. The molecule has 0 unspecified atom stereocenters. The third kappa shape index (κ3) is 2.73. The zero-order chi connectivity index (χ0) is 12.3. The maximum atomic E-state index is 11.4. The van der Waals surface area contributed by atoms with Crippen molar-refractivity contribution in [2.24, 2.45) is 0 Å². The Hall–Kier alpha value is -1.63. The van der Waals surface area contributed by atoms with Crippen LogP contribution in [-0.2, 0) is 9.53 Å². The van der Waals surface area contributed by atoms with Crippen molar-refractivity contribution in [1.29, 1.82) is 0 Å². The van der Waals surface area contributed by atoms with Gasteiger partial charge < -0.3 is 15.0 Å². The lowest BCUT2D eigenvalue weighted by Gasteiger charge is -2.25. The lowest BCUT2D eigenvalue weighted by molar-refractivity contribution is -0.120. The second-order valence-electron chi connectivity index (χ2n) is 3.51. The van der Waals surface area contributed by atoms with E-state index in [9.17, 15) is 9.59 Å². The fourth-order valence-electron chi connectivity index (χ4n) is 1.51. The van der Waals surface area contributed by atoms with Gasteiger partial charge >= 0.3 is 5.97 Å². The average molecular weight is 255 g/mol. The molecule has 0 aromatic carbocycles. The van der Waals surface area contributed by atoms with E-state index in [1.54, 1.807) is 12.3 Å². The van der Waals surface area contributed by atoms with Crippen molar-refractivity contribution in [3.63, 3.8) is 0 Å². The van der Waals surface area contributed by atoms with Gasteiger partial charge in [0.25, 0.3) is 0 Å². The number of carbonyl (C=O) groups excluding carboxylic acids is 2. The Kier molecular flexibility index (Phi) is 3.58. The molecule has 0 aliphatic carbocycles. The van der Waals surface area contributed by atoms with Gasteiger partial charge in [-0.25, -0.2) is 9.78 Å². The largest absolute Gasteiger partial charge is 0.461 e. The molecule has 7 heteroatoms. The summed E-state index contributed by atoms with van der Waals surface area (Å²) >= 11 is 1.35. The summed E-state index contributed by atoms with van der Waals surface area (Å²) in [5.74, 6) is -0.444. The van der Waals surface area contributed by atoms with Crippen molar-refractivity contribution in [3.05, 3.63) is 11.1 Å². The van der Waals surface area contributed by atoms with Gasteiger partial charge in [0.05, 0.1) is 13.2 Å². The second-order valence-corrected chi connectivity index (χ2v) is 4.34. The number of aromatic nitrogens is 1. The lowest BCUT2D eigenvalue weighted by Crippen LogP contribution is -2.47. The van der Waals surface area contributed by atoms with Crippen LogP contribution < -0.4 is 10.2 Å². The molecule has 1 fully saturated rings. The molecule has 1 aromatic heterocycles. The van der Waals surface area contributed by atoms with Gasteiger partial charge in [-0.1, -0.05) is 0 Å². The first kappa shape index (κ1) is 11.8. The van der Waals surface area contributed by atoms with Gasteiger partial charge in [0.2, 0.25) is 5.91 Å². The summed E-state index contributed by atoms with van der Waals surface area (Å²) in [6.45, 7) is 3.68.